The van der Waals surface area contributed by atoms with Crippen LogP contribution in [0.3, 0.4) is 0 Å². The molecule has 0 radical (unpaired) electrons. The molecule has 27 heavy (non-hydrogen) atoms. The second-order valence-electron chi connectivity index (χ2n) is 6.61. The van der Waals surface area contributed by atoms with Crippen LogP contribution >= 0.6 is 0 Å². The maximum absolute atomic E-state index is 14.2. The predicted octanol–water partition coefficient (Wildman–Crippen LogP) is 3.28. The van der Waals surface area contributed by atoms with Crippen molar-refractivity contribution in [3.63, 3.8) is 0 Å². The molecule has 1 heterocycles. The average Bonchev–Trinajstić information content (AvgIpc) is 2.53. The van der Waals surface area contributed by atoms with Crippen LogP contribution < -0.4 is 10.6 Å². The van der Waals surface area contributed by atoms with Gasteiger partial charge in [0.2, 0.25) is 11.9 Å². The second-order valence-corrected chi connectivity index (χ2v) is 6.61. The third kappa shape index (κ3) is 4.99. The number of allylic oxidation sites excluding steroid dienone is 1. The summed E-state index contributed by atoms with van der Waals surface area (Å²) in [6, 6.07) is -0.651. The molecule has 0 aromatic carbocycles. The van der Waals surface area contributed by atoms with E-state index in [1.54, 1.807) is 0 Å². The van der Waals surface area contributed by atoms with Crippen LogP contribution in [0, 0.1) is 0 Å². The van der Waals surface area contributed by atoms with Crippen molar-refractivity contribution in [1.29, 1.82) is 0 Å². The van der Waals surface area contributed by atoms with Gasteiger partial charge in [0, 0.05) is 24.5 Å². The highest BCUT2D eigenvalue weighted by atomic mass is 19.4. The Bertz CT molecular complexity index is 730. The maximum atomic E-state index is 14.2. The van der Waals surface area contributed by atoms with Crippen molar-refractivity contribution in [2.45, 2.75) is 56.3 Å². The van der Waals surface area contributed by atoms with Crippen molar-refractivity contribution in [3.05, 3.63) is 11.7 Å². The first-order valence-electron chi connectivity index (χ1n) is 8.30. The molecular weight excluding hydrogens is 380 g/mol. The van der Waals surface area contributed by atoms with Gasteiger partial charge in [-0.15, -0.1) is 0 Å². The van der Waals surface area contributed by atoms with Gasteiger partial charge < -0.3 is 15.7 Å². The molecule has 3 N–H and O–H groups in total. The van der Waals surface area contributed by atoms with Crippen molar-refractivity contribution in [2.24, 2.45) is 0 Å². The molecule has 1 saturated carbocycles. The lowest BCUT2D eigenvalue weighted by molar-refractivity contribution is -0.115. The fourth-order valence-electron chi connectivity index (χ4n) is 2.92. The van der Waals surface area contributed by atoms with Gasteiger partial charge in [-0.05, 0) is 19.3 Å². The molecule has 0 saturated heterocycles. The minimum absolute atomic E-state index is 0.0341. The van der Waals surface area contributed by atoms with E-state index in [0.29, 0.717) is 6.42 Å². The number of hydrogen-bond acceptors (Lipinski definition) is 6. The van der Waals surface area contributed by atoms with Gasteiger partial charge in [-0.1, -0.05) is 0 Å². The van der Waals surface area contributed by atoms with E-state index in [4.69, 9.17) is 0 Å². The van der Waals surface area contributed by atoms with E-state index in [-0.39, 0.29) is 30.2 Å². The summed E-state index contributed by atoms with van der Waals surface area (Å²) in [5, 5.41) is 14.2. The summed E-state index contributed by atoms with van der Waals surface area (Å²) < 4.78 is 77.5. The van der Waals surface area contributed by atoms with Crippen LogP contribution in [-0.2, 0) is 0 Å². The quantitative estimate of drug-likeness (QED) is 0.662. The molecule has 0 bridgehead atoms. The minimum atomic E-state index is -4.54. The zero-order valence-electron chi connectivity index (χ0n) is 14.0. The van der Waals surface area contributed by atoms with Crippen LogP contribution in [0.5, 0.6) is 0 Å². The zero-order valence-corrected chi connectivity index (χ0v) is 14.0. The third-order valence-corrected chi connectivity index (χ3v) is 4.26. The van der Waals surface area contributed by atoms with E-state index in [2.05, 4.69) is 20.3 Å². The van der Waals surface area contributed by atoms with Crippen molar-refractivity contribution >= 4 is 17.5 Å². The SMILES string of the molecule is OC1CCCC(c2nc(NCC(F)(F)F)nc(NC3CC(F)(F)C3)n2)=C1F. The Labute approximate surface area is 150 Å². The van der Waals surface area contributed by atoms with Crippen molar-refractivity contribution in [1.82, 2.24) is 15.0 Å². The van der Waals surface area contributed by atoms with Crippen LogP contribution in [0.25, 0.3) is 5.57 Å². The number of hydrogen-bond donors (Lipinski definition) is 3. The number of halogens is 6. The first kappa shape index (κ1) is 19.6. The first-order valence-corrected chi connectivity index (χ1v) is 8.30. The Morgan fingerprint density at radius 2 is 1.78 bits per heavy atom. The molecule has 0 amide bonds. The number of nitrogens with one attached hydrogen (secondary N) is 2. The van der Waals surface area contributed by atoms with Gasteiger partial charge in [0.05, 0.1) is 0 Å². The topological polar surface area (TPSA) is 83.0 Å². The standard InChI is InChI=1S/C15H17F6N5O/c16-10-8(2-1-3-9(10)27)11-24-12(22-6-15(19,20)21)26-13(25-11)23-7-4-14(17,18)5-7/h7,9,27H,1-6H2,(H2,22,23,24,25,26). The Balaban J connectivity index is 1.87. The minimum Gasteiger partial charge on any atom is -0.386 e. The fourth-order valence-corrected chi connectivity index (χ4v) is 2.92. The van der Waals surface area contributed by atoms with Crippen molar-refractivity contribution < 1.29 is 31.4 Å². The summed E-state index contributed by atoms with van der Waals surface area (Å²) in [4.78, 5) is 11.5. The highest BCUT2D eigenvalue weighted by Gasteiger charge is 2.45. The second kappa shape index (κ2) is 7.13. The molecule has 6 nitrogen and oxygen atoms in total. The number of aromatic nitrogens is 3. The molecule has 150 valence electrons. The Kier molecular flexibility index (Phi) is 5.19. The highest BCUT2D eigenvalue weighted by molar-refractivity contribution is 5.65. The van der Waals surface area contributed by atoms with Crippen LogP contribution in [0.4, 0.5) is 38.2 Å². The van der Waals surface area contributed by atoms with Crippen molar-refractivity contribution in [3.8, 4) is 0 Å². The first-order chi connectivity index (χ1) is 12.5. The van der Waals surface area contributed by atoms with E-state index in [1.165, 1.54) is 0 Å². The third-order valence-electron chi connectivity index (χ3n) is 4.26. The Morgan fingerprint density at radius 3 is 2.41 bits per heavy atom. The van der Waals surface area contributed by atoms with E-state index in [0.717, 1.165) is 0 Å². The number of nitrogens with zero attached hydrogens (tertiary/aromatic N) is 3. The summed E-state index contributed by atoms with van der Waals surface area (Å²) >= 11 is 0. The van der Waals surface area contributed by atoms with Crippen LogP contribution in [0.1, 0.15) is 37.9 Å². The number of aliphatic hydroxyl groups excluding tert-OH is 1. The predicted molar refractivity (Wildman–Crippen MR) is 83.8 cm³/mol. The van der Waals surface area contributed by atoms with Gasteiger partial charge in [-0.3, -0.25) is 0 Å². The zero-order chi connectivity index (χ0) is 19.8. The van der Waals surface area contributed by atoms with E-state index >= 15 is 0 Å². The summed E-state index contributed by atoms with van der Waals surface area (Å²) in [7, 11) is 0. The Hall–Kier alpha value is -2.11. The summed E-state index contributed by atoms with van der Waals surface area (Å²) in [6.45, 7) is -1.43. The van der Waals surface area contributed by atoms with Gasteiger partial charge >= 0.3 is 6.18 Å². The molecule has 1 atom stereocenters. The molecule has 0 spiro atoms. The molecule has 1 unspecified atom stereocenters. The van der Waals surface area contributed by atoms with Gasteiger partial charge in [0.1, 0.15) is 18.5 Å². The van der Waals surface area contributed by atoms with E-state index < -0.39 is 55.4 Å². The summed E-state index contributed by atoms with van der Waals surface area (Å²) in [6.07, 6.45) is -5.96. The van der Waals surface area contributed by atoms with E-state index in [1.807, 2.05) is 5.32 Å². The number of rotatable bonds is 5. The molecule has 3 rings (SSSR count). The number of aliphatic hydroxyl groups is 1. The lowest BCUT2D eigenvalue weighted by atomic mass is 9.88. The Morgan fingerprint density at radius 1 is 1.11 bits per heavy atom. The summed E-state index contributed by atoms with van der Waals surface area (Å²) in [5.74, 6) is -4.60. The van der Waals surface area contributed by atoms with Crippen LogP contribution in [0.15, 0.2) is 5.83 Å². The van der Waals surface area contributed by atoms with Gasteiger partial charge in [0.25, 0.3) is 5.92 Å². The normalized spacial score (nSPS) is 23.1. The molecule has 0 aliphatic heterocycles. The molecule has 12 heteroatoms. The molecule has 1 aromatic heterocycles. The largest absolute Gasteiger partial charge is 0.405 e. The lowest BCUT2D eigenvalue weighted by Gasteiger charge is -2.35. The maximum Gasteiger partial charge on any atom is 0.405 e. The van der Waals surface area contributed by atoms with Gasteiger partial charge in [0.15, 0.2) is 5.82 Å². The smallest absolute Gasteiger partial charge is 0.386 e. The van der Waals surface area contributed by atoms with E-state index in [9.17, 15) is 31.4 Å². The van der Waals surface area contributed by atoms with Crippen LogP contribution in [0.2, 0.25) is 0 Å². The lowest BCUT2D eigenvalue weighted by Crippen LogP contribution is -2.44. The number of alkyl halides is 5. The van der Waals surface area contributed by atoms with Gasteiger partial charge in [-0.25, -0.2) is 13.2 Å². The fraction of sp³-hybridized carbons (Fsp3) is 0.667. The molecule has 2 aliphatic carbocycles. The monoisotopic (exact) mass is 397 g/mol. The molecule has 2 aliphatic rings. The van der Waals surface area contributed by atoms with Gasteiger partial charge in [-0.2, -0.15) is 28.1 Å². The molecule has 1 aromatic rings. The average molecular weight is 397 g/mol. The van der Waals surface area contributed by atoms with Crippen LogP contribution in [-0.4, -0.2) is 50.8 Å². The summed E-state index contributed by atoms with van der Waals surface area (Å²) in [5.41, 5.74) is -0.0341. The highest BCUT2D eigenvalue weighted by Crippen LogP contribution is 2.39. The van der Waals surface area contributed by atoms with Crippen molar-refractivity contribution in [2.75, 3.05) is 17.2 Å². The molecule has 1 fully saturated rings. The number of anilines is 2. The molecular formula is C15H17F6N5O.